The summed E-state index contributed by atoms with van der Waals surface area (Å²) in [5.74, 6) is -0.0347. The van der Waals surface area contributed by atoms with Crippen LogP contribution < -0.4 is 10.6 Å². The first-order chi connectivity index (χ1) is 18.5. The molecule has 2 aromatic rings. The van der Waals surface area contributed by atoms with Crippen LogP contribution in [0.2, 0.25) is 10.0 Å². The smallest absolute Gasteiger partial charge is 0.251 e. The highest BCUT2D eigenvalue weighted by molar-refractivity contribution is 6.42. The average Bonchev–Trinajstić information content (AvgIpc) is 3.07. The summed E-state index contributed by atoms with van der Waals surface area (Å²) < 4.78 is 0. The molecule has 4 rings (SSSR count). The normalized spacial score (nSPS) is 22.8. The number of likely N-dealkylation sites (tertiary alicyclic amines) is 1. The first kappa shape index (κ1) is 28.9. The van der Waals surface area contributed by atoms with Crippen LogP contribution in [0.4, 0.5) is 0 Å². The maximum atomic E-state index is 14.0. The number of hydrogen-bond acceptors (Lipinski definition) is 4. The molecule has 2 aliphatic rings. The van der Waals surface area contributed by atoms with Gasteiger partial charge in [0.15, 0.2) is 0 Å². The van der Waals surface area contributed by atoms with E-state index in [9.17, 15) is 9.59 Å². The Kier molecular flexibility index (Phi) is 10.9. The molecule has 2 saturated heterocycles. The molecule has 38 heavy (non-hydrogen) atoms. The van der Waals surface area contributed by atoms with Gasteiger partial charge in [0, 0.05) is 31.2 Å². The second-order valence-electron chi connectivity index (χ2n) is 10.5. The number of hydrogen-bond donors (Lipinski definition) is 2. The standard InChI is InChI=1S/C30H40Cl2N4O2/c1-2-3-17-36-28(22-10-6-4-7-11-22)20-24(21-33-29(37)23-12-13-25(31)26(32)19-23)34-27(30(36)38)14-18-35-15-8-5-9-16-35/h4,6-7,10-13,19,24,27-28,34H,2-3,5,8-9,14-18,20-21H2,1H3,(H,33,37)/t24-,27?,28?/m0/s1. The lowest BCUT2D eigenvalue weighted by atomic mass is 9.97. The fraction of sp³-hybridized carbons (Fsp3) is 0.533. The molecule has 2 aliphatic heterocycles. The van der Waals surface area contributed by atoms with E-state index < -0.39 is 0 Å². The van der Waals surface area contributed by atoms with Crippen molar-refractivity contribution in [2.24, 2.45) is 0 Å². The molecule has 2 amide bonds. The van der Waals surface area contributed by atoms with E-state index in [1.54, 1.807) is 18.2 Å². The maximum absolute atomic E-state index is 14.0. The summed E-state index contributed by atoms with van der Waals surface area (Å²) in [4.78, 5) is 31.5. The molecular weight excluding hydrogens is 519 g/mol. The lowest BCUT2D eigenvalue weighted by Crippen LogP contribution is -2.50. The summed E-state index contributed by atoms with van der Waals surface area (Å²) in [6.45, 7) is 6.43. The largest absolute Gasteiger partial charge is 0.350 e. The number of benzene rings is 2. The maximum Gasteiger partial charge on any atom is 0.251 e. The summed E-state index contributed by atoms with van der Waals surface area (Å²) >= 11 is 12.2. The zero-order valence-corrected chi connectivity index (χ0v) is 23.8. The molecule has 0 bridgehead atoms. The van der Waals surface area contributed by atoms with E-state index in [4.69, 9.17) is 23.2 Å². The van der Waals surface area contributed by atoms with Crippen LogP contribution in [0.15, 0.2) is 48.5 Å². The summed E-state index contributed by atoms with van der Waals surface area (Å²) in [6.07, 6.45) is 7.23. The van der Waals surface area contributed by atoms with Crippen LogP contribution in [0, 0.1) is 0 Å². The Labute approximate surface area is 237 Å². The third-order valence-corrected chi connectivity index (χ3v) is 8.45. The van der Waals surface area contributed by atoms with Crippen molar-refractivity contribution in [2.45, 2.75) is 70.0 Å². The number of rotatable bonds is 10. The van der Waals surface area contributed by atoms with Crippen molar-refractivity contribution < 1.29 is 9.59 Å². The highest BCUT2D eigenvalue weighted by atomic mass is 35.5. The number of carbonyl (C=O) groups is 2. The zero-order chi connectivity index (χ0) is 26.9. The number of unbranched alkanes of at least 4 members (excludes halogenated alkanes) is 1. The van der Waals surface area contributed by atoms with Gasteiger partial charge in [-0.15, -0.1) is 0 Å². The molecule has 0 aliphatic carbocycles. The van der Waals surface area contributed by atoms with E-state index in [0.29, 0.717) is 22.2 Å². The van der Waals surface area contributed by atoms with Crippen LogP contribution in [0.1, 0.15) is 73.8 Å². The Hall–Kier alpha value is -2.12. The van der Waals surface area contributed by atoms with Crippen LogP contribution in [0.25, 0.3) is 0 Å². The van der Waals surface area contributed by atoms with Gasteiger partial charge in [0.05, 0.1) is 22.1 Å². The van der Waals surface area contributed by atoms with Crippen molar-refractivity contribution in [2.75, 3.05) is 32.7 Å². The molecule has 0 spiro atoms. The summed E-state index contributed by atoms with van der Waals surface area (Å²) in [7, 11) is 0. The number of nitrogens with zero attached hydrogens (tertiary/aromatic N) is 2. The number of piperidine rings is 1. The molecule has 2 fully saturated rings. The van der Waals surface area contributed by atoms with Gasteiger partial charge in [-0.05, 0) is 69.0 Å². The Morgan fingerprint density at radius 1 is 1.03 bits per heavy atom. The summed E-state index contributed by atoms with van der Waals surface area (Å²) in [5.41, 5.74) is 1.60. The Bertz CT molecular complexity index is 1060. The predicted octanol–water partition coefficient (Wildman–Crippen LogP) is 5.70. The van der Waals surface area contributed by atoms with E-state index in [0.717, 1.165) is 57.4 Å². The van der Waals surface area contributed by atoms with Crippen molar-refractivity contribution in [3.05, 3.63) is 69.7 Å². The van der Waals surface area contributed by atoms with Crippen molar-refractivity contribution in [1.82, 2.24) is 20.4 Å². The van der Waals surface area contributed by atoms with E-state index in [2.05, 4.69) is 39.5 Å². The van der Waals surface area contributed by atoms with E-state index in [1.165, 1.54) is 19.3 Å². The van der Waals surface area contributed by atoms with Gasteiger partial charge in [-0.2, -0.15) is 0 Å². The summed E-state index contributed by atoms with van der Waals surface area (Å²) in [6, 6.07) is 14.8. The molecule has 8 heteroatoms. The van der Waals surface area contributed by atoms with Crippen LogP contribution in [0.3, 0.4) is 0 Å². The van der Waals surface area contributed by atoms with Gasteiger partial charge < -0.3 is 20.4 Å². The molecular formula is C30H40Cl2N4O2. The molecule has 0 saturated carbocycles. The minimum Gasteiger partial charge on any atom is -0.350 e. The predicted molar refractivity (Wildman–Crippen MR) is 155 cm³/mol. The van der Waals surface area contributed by atoms with Gasteiger partial charge in [-0.3, -0.25) is 9.59 Å². The highest BCUT2D eigenvalue weighted by Crippen LogP contribution is 2.30. The van der Waals surface area contributed by atoms with Gasteiger partial charge in [-0.1, -0.05) is 73.3 Å². The first-order valence-corrected chi connectivity index (χ1v) is 14.8. The minimum atomic E-state index is -0.283. The van der Waals surface area contributed by atoms with Crippen molar-refractivity contribution in [3.8, 4) is 0 Å². The lowest BCUT2D eigenvalue weighted by Gasteiger charge is -2.33. The second kappa shape index (κ2) is 14.3. The lowest BCUT2D eigenvalue weighted by molar-refractivity contribution is -0.135. The highest BCUT2D eigenvalue weighted by Gasteiger charge is 2.37. The van der Waals surface area contributed by atoms with Crippen LogP contribution in [0.5, 0.6) is 0 Å². The Balaban J connectivity index is 1.53. The Morgan fingerprint density at radius 3 is 2.50 bits per heavy atom. The molecule has 2 heterocycles. The molecule has 2 N–H and O–H groups in total. The van der Waals surface area contributed by atoms with Crippen LogP contribution >= 0.6 is 23.2 Å². The SMILES string of the molecule is CCCCN1C(=O)C(CCN2CCCCC2)N[C@H](CNC(=O)c2ccc(Cl)c(Cl)c2)CC1c1ccccc1. The average molecular weight is 560 g/mol. The fourth-order valence-corrected chi connectivity index (χ4v) is 5.86. The third kappa shape index (κ3) is 7.72. The fourth-order valence-electron chi connectivity index (χ4n) is 5.56. The van der Waals surface area contributed by atoms with E-state index in [1.807, 2.05) is 18.2 Å². The van der Waals surface area contributed by atoms with Crippen molar-refractivity contribution in [1.29, 1.82) is 0 Å². The zero-order valence-electron chi connectivity index (χ0n) is 22.3. The van der Waals surface area contributed by atoms with Gasteiger partial charge >= 0.3 is 0 Å². The molecule has 0 aromatic heterocycles. The monoisotopic (exact) mass is 558 g/mol. The van der Waals surface area contributed by atoms with E-state index >= 15 is 0 Å². The number of halogens is 2. The topological polar surface area (TPSA) is 64.7 Å². The molecule has 2 aromatic carbocycles. The quantitative estimate of drug-likeness (QED) is 0.392. The van der Waals surface area contributed by atoms with Gasteiger partial charge in [0.25, 0.3) is 5.91 Å². The Morgan fingerprint density at radius 2 is 1.79 bits per heavy atom. The van der Waals surface area contributed by atoms with Crippen molar-refractivity contribution in [3.63, 3.8) is 0 Å². The molecule has 206 valence electrons. The number of amides is 2. The third-order valence-electron chi connectivity index (χ3n) is 7.71. The number of nitrogens with one attached hydrogen (secondary N) is 2. The first-order valence-electron chi connectivity index (χ1n) is 14.0. The van der Waals surface area contributed by atoms with Crippen LogP contribution in [-0.4, -0.2) is 66.4 Å². The van der Waals surface area contributed by atoms with Crippen LogP contribution in [-0.2, 0) is 4.79 Å². The molecule has 2 unspecified atom stereocenters. The number of carbonyl (C=O) groups excluding carboxylic acids is 2. The van der Waals surface area contributed by atoms with Gasteiger partial charge in [-0.25, -0.2) is 0 Å². The van der Waals surface area contributed by atoms with Gasteiger partial charge in [0.2, 0.25) is 5.91 Å². The second-order valence-corrected chi connectivity index (χ2v) is 11.3. The van der Waals surface area contributed by atoms with E-state index in [-0.39, 0.29) is 29.9 Å². The molecule has 0 radical (unpaired) electrons. The summed E-state index contributed by atoms with van der Waals surface area (Å²) in [5, 5.41) is 7.50. The minimum absolute atomic E-state index is 0.0467. The molecule has 3 atom stereocenters. The molecule has 6 nitrogen and oxygen atoms in total. The van der Waals surface area contributed by atoms with Crippen molar-refractivity contribution >= 4 is 35.0 Å². The van der Waals surface area contributed by atoms with Gasteiger partial charge in [0.1, 0.15) is 0 Å².